The summed E-state index contributed by atoms with van der Waals surface area (Å²) in [6.07, 6.45) is 2.07. The van der Waals surface area contributed by atoms with Crippen LogP contribution in [0.2, 0.25) is 0 Å². The molecule has 5 nitrogen and oxygen atoms in total. The number of carbonyl (C=O) groups excluding carboxylic acids is 2. The van der Waals surface area contributed by atoms with Gasteiger partial charge in [-0.1, -0.05) is 6.07 Å². The molecule has 2 atom stereocenters. The van der Waals surface area contributed by atoms with Crippen LogP contribution in [0.1, 0.15) is 30.7 Å². The third kappa shape index (κ3) is 3.05. The zero-order valence-electron chi connectivity index (χ0n) is 11.6. The van der Waals surface area contributed by atoms with Crippen molar-refractivity contribution in [2.75, 3.05) is 18.4 Å². The molecule has 0 aromatic heterocycles. The topological polar surface area (TPSA) is 70.2 Å². The number of benzene rings is 1. The lowest BCUT2D eigenvalue weighted by atomic mass is 9.89. The summed E-state index contributed by atoms with van der Waals surface area (Å²) in [6.45, 7) is 1.72. The molecule has 0 radical (unpaired) electrons. The number of rotatable bonds is 2. The first-order valence-electron chi connectivity index (χ1n) is 7.24. The van der Waals surface area contributed by atoms with E-state index in [1.807, 2.05) is 0 Å². The minimum Gasteiger partial charge on any atom is -0.352 e. The summed E-state index contributed by atoms with van der Waals surface area (Å²) < 4.78 is 13.3. The summed E-state index contributed by atoms with van der Waals surface area (Å²) in [5.41, 5.74) is 1.07. The fourth-order valence-electron chi connectivity index (χ4n) is 2.95. The molecule has 2 aliphatic rings. The number of piperidine rings is 1. The van der Waals surface area contributed by atoms with E-state index in [4.69, 9.17) is 0 Å². The molecular formula is C15H18FN3O2. The van der Waals surface area contributed by atoms with E-state index in [1.54, 1.807) is 6.07 Å². The van der Waals surface area contributed by atoms with E-state index in [-0.39, 0.29) is 24.3 Å². The Balaban J connectivity index is 1.78. The van der Waals surface area contributed by atoms with Crippen molar-refractivity contribution in [2.24, 2.45) is 0 Å². The molecule has 6 heteroatoms. The molecule has 0 spiro atoms. The monoisotopic (exact) mass is 291 g/mol. The van der Waals surface area contributed by atoms with Crippen LogP contribution in [-0.2, 0) is 9.59 Å². The lowest BCUT2D eigenvalue weighted by Crippen LogP contribution is -2.47. The maximum absolute atomic E-state index is 13.3. The largest absolute Gasteiger partial charge is 0.352 e. The molecule has 2 unspecified atom stereocenters. The van der Waals surface area contributed by atoms with E-state index in [9.17, 15) is 14.0 Å². The van der Waals surface area contributed by atoms with Crippen LogP contribution in [0.15, 0.2) is 18.2 Å². The molecule has 0 aliphatic carbocycles. The van der Waals surface area contributed by atoms with Crippen LogP contribution >= 0.6 is 0 Å². The Hall–Kier alpha value is -1.95. The molecule has 1 fully saturated rings. The molecule has 0 saturated carbocycles. The van der Waals surface area contributed by atoms with Crippen molar-refractivity contribution in [1.29, 1.82) is 0 Å². The van der Waals surface area contributed by atoms with Gasteiger partial charge in [0.2, 0.25) is 11.8 Å². The molecule has 3 rings (SSSR count). The van der Waals surface area contributed by atoms with Crippen molar-refractivity contribution in [3.63, 3.8) is 0 Å². The fourth-order valence-corrected chi connectivity index (χ4v) is 2.95. The van der Waals surface area contributed by atoms with E-state index in [2.05, 4.69) is 16.0 Å². The maximum Gasteiger partial charge on any atom is 0.228 e. The summed E-state index contributed by atoms with van der Waals surface area (Å²) in [6, 6.07) is 4.25. The Labute approximate surface area is 122 Å². The van der Waals surface area contributed by atoms with Gasteiger partial charge in [-0.3, -0.25) is 9.59 Å². The molecule has 2 aliphatic heterocycles. The van der Waals surface area contributed by atoms with Gasteiger partial charge in [-0.05, 0) is 37.1 Å². The van der Waals surface area contributed by atoms with E-state index < -0.39 is 11.7 Å². The van der Waals surface area contributed by atoms with Crippen LogP contribution in [0.4, 0.5) is 10.1 Å². The number of fused-ring (bicyclic) bond motifs is 1. The fraction of sp³-hybridized carbons (Fsp3) is 0.467. The highest BCUT2D eigenvalue weighted by Gasteiger charge is 2.32. The molecule has 2 amide bonds. The minimum absolute atomic E-state index is 0.0973. The van der Waals surface area contributed by atoms with Crippen molar-refractivity contribution in [3.8, 4) is 0 Å². The smallest absolute Gasteiger partial charge is 0.228 e. The molecule has 2 heterocycles. The summed E-state index contributed by atoms with van der Waals surface area (Å²) in [7, 11) is 0. The van der Waals surface area contributed by atoms with E-state index in [1.165, 1.54) is 12.1 Å². The quantitative estimate of drug-likeness (QED) is 0.765. The van der Waals surface area contributed by atoms with Crippen molar-refractivity contribution in [1.82, 2.24) is 10.6 Å². The molecule has 1 aromatic rings. The lowest BCUT2D eigenvalue weighted by molar-refractivity contribution is -0.127. The molecule has 0 bridgehead atoms. The molecule has 112 valence electrons. The number of anilines is 1. The summed E-state index contributed by atoms with van der Waals surface area (Å²) in [4.78, 5) is 24.2. The van der Waals surface area contributed by atoms with Crippen LogP contribution in [0.3, 0.4) is 0 Å². The van der Waals surface area contributed by atoms with Crippen molar-refractivity contribution in [3.05, 3.63) is 29.6 Å². The Morgan fingerprint density at radius 1 is 1.38 bits per heavy atom. The average molecular weight is 291 g/mol. The van der Waals surface area contributed by atoms with Gasteiger partial charge in [-0.2, -0.15) is 0 Å². The Kier molecular flexibility index (Phi) is 3.88. The predicted molar refractivity (Wildman–Crippen MR) is 76.4 cm³/mol. The standard InChI is InChI=1S/C15H18FN3O2/c16-9-3-4-11-12(7-14(20)19-13(11)6-9)15(21)18-10-2-1-5-17-8-10/h3-4,6,10,12,17H,1-2,5,7-8H2,(H,18,21)(H,19,20). The van der Waals surface area contributed by atoms with Gasteiger partial charge < -0.3 is 16.0 Å². The van der Waals surface area contributed by atoms with Crippen LogP contribution < -0.4 is 16.0 Å². The van der Waals surface area contributed by atoms with Gasteiger partial charge >= 0.3 is 0 Å². The third-order valence-corrected chi connectivity index (χ3v) is 4.01. The number of hydrogen-bond donors (Lipinski definition) is 3. The van der Waals surface area contributed by atoms with Crippen LogP contribution in [0, 0.1) is 5.82 Å². The first kappa shape index (κ1) is 14.0. The van der Waals surface area contributed by atoms with Gasteiger partial charge in [0.25, 0.3) is 0 Å². The number of carbonyl (C=O) groups is 2. The second-order valence-corrected chi connectivity index (χ2v) is 5.59. The van der Waals surface area contributed by atoms with Gasteiger partial charge in [-0.15, -0.1) is 0 Å². The van der Waals surface area contributed by atoms with Gasteiger partial charge in [-0.25, -0.2) is 4.39 Å². The zero-order chi connectivity index (χ0) is 14.8. The van der Waals surface area contributed by atoms with Gasteiger partial charge in [0, 0.05) is 24.7 Å². The predicted octanol–water partition coefficient (Wildman–Crippen LogP) is 1.12. The molecule has 1 aromatic carbocycles. The molecule has 1 saturated heterocycles. The first-order valence-corrected chi connectivity index (χ1v) is 7.24. The highest BCUT2D eigenvalue weighted by Crippen LogP contribution is 2.33. The zero-order valence-corrected chi connectivity index (χ0v) is 11.6. The highest BCUT2D eigenvalue weighted by atomic mass is 19.1. The van der Waals surface area contributed by atoms with Crippen molar-refractivity contribution >= 4 is 17.5 Å². The van der Waals surface area contributed by atoms with Gasteiger partial charge in [0.05, 0.1) is 5.92 Å². The normalized spacial score (nSPS) is 24.9. The van der Waals surface area contributed by atoms with Crippen molar-refractivity contribution in [2.45, 2.75) is 31.2 Å². The van der Waals surface area contributed by atoms with E-state index in [0.717, 1.165) is 25.9 Å². The molecule has 3 N–H and O–H groups in total. The minimum atomic E-state index is -0.545. The summed E-state index contributed by atoms with van der Waals surface area (Å²) >= 11 is 0. The molecular weight excluding hydrogens is 273 g/mol. The lowest BCUT2D eigenvalue weighted by Gasteiger charge is -2.29. The van der Waals surface area contributed by atoms with Crippen LogP contribution in [0.25, 0.3) is 0 Å². The first-order chi connectivity index (χ1) is 10.1. The third-order valence-electron chi connectivity index (χ3n) is 4.01. The average Bonchev–Trinajstić information content (AvgIpc) is 2.47. The Bertz CT molecular complexity index is 570. The number of nitrogens with one attached hydrogen (secondary N) is 3. The van der Waals surface area contributed by atoms with E-state index >= 15 is 0 Å². The summed E-state index contributed by atoms with van der Waals surface area (Å²) in [5, 5.41) is 8.84. The van der Waals surface area contributed by atoms with Gasteiger partial charge in [0.15, 0.2) is 0 Å². The van der Waals surface area contributed by atoms with Crippen LogP contribution in [-0.4, -0.2) is 30.9 Å². The summed E-state index contributed by atoms with van der Waals surface area (Å²) in [5.74, 6) is -1.38. The maximum atomic E-state index is 13.3. The highest BCUT2D eigenvalue weighted by molar-refractivity contribution is 6.01. The van der Waals surface area contributed by atoms with Crippen LogP contribution in [0.5, 0.6) is 0 Å². The SMILES string of the molecule is O=C1CC(C(=O)NC2CCCNC2)c2ccc(F)cc2N1. The van der Waals surface area contributed by atoms with Crippen molar-refractivity contribution < 1.29 is 14.0 Å². The molecule has 21 heavy (non-hydrogen) atoms. The van der Waals surface area contributed by atoms with E-state index in [0.29, 0.717) is 11.3 Å². The number of amides is 2. The second-order valence-electron chi connectivity index (χ2n) is 5.59. The second kappa shape index (κ2) is 5.81. The number of halogens is 1. The number of hydrogen-bond acceptors (Lipinski definition) is 3. The Morgan fingerprint density at radius 3 is 3.00 bits per heavy atom. The van der Waals surface area contributed by atoms with Gasteiger partial charge in [0.1, 0.15) is 5.82 Å². The Morgan fingerprint density at radius 2 is 2.24 bits per heavy atom.